The number of nitrogen functional groups attached to an aromatic ring is 1. The molecule has 0 aliphatic carbocycles. The molecule has 0 aromatic heterocycles. The SMILES string of the molecule is Nc1ccccc1OCCOc1c(Br)cccc1Br. The fourth-order valence-corrected chi connectivity index (χ4v) is 2.76. The van der Waals surface area contributed by atoms with E-state index in [4.69, 9.17) is 15.2 Å². The molecule has 3 nitrogen and oxygen atoms in total. The van der Waals surface area contributed by atoms with Crippen molar-refractivity contribution in [1.29, 1.82) is 0 Å². The number of hydrogen-bond donors (Lipinski definition) is 1. The minimum atomic E-state index is 0.433. The first kappa shape index (κ1) is 14.2. The van der Waals surface area contributed by atoms with Gasteiger partial charge in [0.05, 0.1) is 14.6 Å². The summed E-state index contributed by atoms with van der Waals surface area (Å²) in [6.07, 6.45) is 0. The molecule has 0 bridgehead atoms. The van der Waals surface area contributed by atoms with Gasteiger partial charge in [-0.1, -0.05) is 18.2 Å². The first-order chi connectivity index (χ1) is 9.18. The van der Waals surface area contributed by atoms with E-state index < -0.39 is 0 Å². The van der Waals surface area contributed by atoms with E-state index in [0.29, 0.717) is 24.7 Å². The van der Waals surface area contributed by atoms with E-state index in [1.807, 2.05) is 36.4 Å². The van der Waals surface area contributed by atoms with E-state index in [1.54, 1.807) is 6.07 Å². The van der Waals surface area contributed by atoms with Crippen LogP contribution in [0.2, 0.25) is 0 Å². The summed E-state index contributed by atoms with van der Waals surface area (Å²) in [5.74, 6) is 1.45. The Morgan fingerprint density at radius 3 is 2.16 bits per heavy atom. The largest absolute Gasteiger partial charge is 0.488 e. The highest BCUT2D eigenvalue weighted by Crippen LogP contribution is 2.32. The Morgan fingerprint density at radius 1 is 0.842 bits per heavy atom. The number of hydrogen-bond acceptors (Lipinski definition) is 3. The van der Waals surface area contributed by atoms with Crippen molar-refractivity contribution in [3.63, 3.8) is 0 Å². The molecule has 2 aromatic carbocycles. The first-order valence-electron chi connectivity index (χ1n) is 5.72. The third kappa shape index (κ3) is 3.88. The fraction of sp³-hybridized carbons (Fsp3) is 0.143. The van der Waals surface area contributed by atoms with Crippen molar-refractivity contribution in [3.8, 4) is 11.5 Å². The van der Waals surface area contributed by atoms with Crippen LogP contribution in [0.1, 0.15) is 0 Å². The van der Waals surface area contributed by atoms with Crippen LogP contribution in [-0.2, 0) is 0 Å². The standard InChI is InChI=1S/C14H13Br2NO2/c15-10-4-3-5-11(16)14(10)19-9-8-18-13-7-2-1-6-12(13)17/h1-7H,8-9,17H2. The predicted molar refractivity (Wildman–Crippen MR) is 83.7 cm³/mol. The lowest BCUT2D eigenvalue weighted by atomic mass is 10.3. The summed E-state index contributed by atoms with van der Waals surface area (Å²) >= 11 is 6.88. The highest BCUT2D eigenvalue weighted by Gasteiger charge is 2.05. The molecule has 2 aromatic rings. The topological polar surface area (TPSA) is 44.5 Å². The van der Waals surface area contributed by atoms with Gasteiger partial charge in [0.25, 0.3) is 0 Å². The summed E-state index contributed by atoms with van der Waals surface area (Å²) in [6.45, 7) is 0.873. The summed E-state index contributed by atoms with van der Waals surface area (Å²) in [5, 5.41) is 0. The normalized spacial score (nSPS) is 10.2. The summed E-state index contributed by atoms with van der Waals surface area (Å²) in [5.41, 5.74) is 6.41. The molecule has 0 unspecified atom stereocenters. The molecule has 0 amide bonds. The summed E-state index contributed by atoms with van der Waals surface area (Å²) in [4.78, 5) is 0. The molecule has 0 saturated heterocycles. The summed E-state index contributed by atoms with van der Waals surface area (Å²) < 4.78 is 13.0. The molecule has 0 radical (unpaired) electrons. The van der Waals surface area contributed by atoms with Crippen molar-refractivity contribution in [2.75, 3.05) is 18.9 Å². The van der Waals surface area contributed by atoms with Crippen molar-refractivity contribution < 1.29 is 9.47 Å². The molecule has 0 aliphatic rings. The quantitative estimate of drug-likeness (QED) is 0.617. The first-order valence-corrected chi connectivity index (χ1v) is 7.31. The Kier molecular flexibility index (Phi) is 5.10. The zero-order chi connectivity index (χ0) is 13.7. The van der Waals surface area contributed by atoms with Crippen LogP contribution in [-0.4, -0.2) is 13.2 Å². The van der Waals surface area contributed by atoms with Crippen LogP contribution in [0, 0.1) is 0 Å². The van der Waals surface area contributed by atoms with E-state index in [0.717, 1.165) is 14.7 Å². The van der Waals surface area contributed by atoms with Gasteiger partial charge in [-0.3, -0.25) is 0 Å². The molecule has 0 atom stereocenters. The molecule has 0 spiro atoms. The number of ether oxygens (including phenoxy) is 2. The van der Waals surface area contributed by atoms with Crippen LogP contribution in [0.3, 0.4) is 0 Å². The van der Waals surface area contributed by atoms with Crippen molar-refractivity contribution >= 4 is 37.5 Å². The lowest BCUT2D eigenvalue weighted by Crippen LogP contribution is -2.10. The maximum atomic E-state index is 5.78. The van der Waals surface area contributed by atoms with Crippen LogP contribution in [0.25, 0.3) is 0 Å². The lowest BCUT2D eigenvalue weighted by Gasteiger charge is -2.12. The number of benzene rings is 2. The molecule has 100 valence electrons. The minimum absolute atomic E-state index is 0.433. The Balaban J connectivity index is 1.86. The number of anilines is 1. The van der Waals surface area contributed by atoms with Gasteiger partial charge in [0, 0.05) is 0 Å². The van der Waals surface area contributed by atoms with E-state index in [2.05, 4.69) is 31.9 Å². The van der Waals surface area contributed by atoms with E-state index in [-0.39, 0.29) is 0 Å². The molecule has 0 saturated carbocycles. The van der Waals surface area contributed by atoms with Gasteiger partial charge < -0.3 is 15.2 Å². The second-order valence-corrected chi connectivity index (χ2v) is 5.49. The third-order valence-corrected chi connectivity index (χ3v) is 3.67. The van der Waals surface area contributed by atoms with Crippen molar-refractivity contribution in [3.05, 3.63) is 51.4 Å². The van der Waals surface area contributed by atoms with Gasteiger partial charge in [-0.15, -0.1) is 0 Å². The molecular formula is C14H13Br2NO2. The van der Waals surface area contributed by atoms with Gasteiger partial charge in [-0.2, -0.15) is 0 Å². The Morgan fingerprint density at radius 2 is 1.47 bits per heavy atom. The monoisotopic (exact) mass is 385 g/mol. The number of halogens is 2. The maximum Gasteiger partial charge on any atom is 0.147 e. The highest BCUT2D eigenvalue weighted by molar-refractivity contribution is 9.11. The Labute approximate surface area is 129 Å². The molecule has 0 heterocycles. The second-order valence-electron chi connectivity index (χ2n) is 3.79. The van der Waals surface area contributed by atoms with Crippen molar-refractivity contribution in [2.24, 2.45) is 0 Å². The smallest absolute Gasteiger partial charge is 0.147 e. The molecule has 0 aliphatic heterocycles. The van der Waals surface area contributed by atoms with Gasteiger partial charge in [0.1, 0.15) is 24.7 Å². The minimum Gasteiger partial charge on any atom is -0.488 e. The zero-order valence-electron chi connectivity index (χ0n) is 10.1. The fourth-order valence-electron chi connectivity index (χ4n) is 1.53. The van der Waals surface area contributed by atoms with Gasteiger partial charge in [0.2, 0.25) is 0 Å². The van der Waals surface area contributed by atoms with Crippen LogP contribution >= 0.6 is 31.9 Å². The highest BCUT2D eigenvalue weighted by atomic mass is 79.9. The van der Waals surface area contributed by atoms with Gasteiger partial charge in [0.15, 0.2) is 0 Å². The van der Waals surface area contributed by atoms with E-state index in [9.17, 15) is 0 Å². The van der Waals surface area contributed by atoms with Crippen LogP contribution in [0.5, 0.6) is 11.5 Å². The zero-order valence-corrected chi connectivity index (χ0v) is 13.3. The Bertz CT molecular complexity index is 541. The maximum absolute atomic E-state index is 5.78. The number of para-hydroxylation sites is 3. The van der Waals surface area contributed by atoms with Gasteiger partial charge in [-0.25, -0.2) is 0 Å². The molecular weight excluding hydrogens is 374 g/mol. The van der Waals surface area contributed by atoms with Gasteiger partial charge >= 0.3 is 0 Å². The predicted octanol–water partition coefficient (Wildman–Crippen LogP) is 4.25. The van der Waals surface area contributed by atoms with Crippen molar-refractivity contribution in [2.45, 2.75) is 0 Å². The van der Waals surface area contributed by atoms with Crippen LogP contribution < -0.4 is 15.2 Å². The lowest BCUT2D eigenvalue weighted by molar-refractivity contribution is 0.216. The van der Waals surface area contributed by atoms with E-state index in [1.165, 1.54) is 0 Å². The van der Waals surface area contributed by atoms with Crippen LogP contribution in [0.15, 0.2) is 51.4 Å². The molecule has 2 rings (SSSR count). The van der Waals surface area contributed by atoms with Gasteiger partial charge in [-0.05, 0) is 56.1 Å². The molecule has 5 heteroatoms. The molecule has 19 heavy (non-hydrogen) atoms. The second kappa shape index (κ2) is 6.82. The molecule has 2 N–H and O–H groups in total. The Hall–Kier alpha value is -1.20. The van der Waals surface area contributed by atoms with Crippen LogP contribution in [0.4, 0.5) is 5.69 Å². The summed E-state index contributed by atoms with van der Waals surface area (Å²) in [7, 11) is 0. The molecule has 0 fully saturated rings. The van der Waals surface area contributed by atoms with Crippen molar-refractivity contribution in [1.82, 2.24) is 0 Å². The number of rotatable bonds is 5. The summed E-state index contributed by atoms with van der Waals surface area (Å²) in [6, 6.07) is 13.2. The number of nitrogens with two attached hydrogens (primary N) is 1. The average molecular weight is 387 g/mol. The average Bonchev–Trinajstić information content (AvgIpc) is 2.39. The van der Waals surface area contributed by atoms with E-state index >= 15 is 0 Å². The third-order valence-electron chi connectivity index (χ3n) is 2.43.